The van der Waals surface area contributed by atoms with Crippen LogP contribution in [0.4, 0.5) is 13.2 Å². The fraction of sp³-hybridized carbons (Fsp3) is 0.167. The SMILES string of the molecule is CN(C)S(=O)(=O)c1cccc(C(=O)/C=C/c2ccccc2OC(F)(F)F)c1. The molecule has 0 bridgehead atoms. The van der Waals surface area contributed by atoms with Crippen LogP contribution in [0.3, 0.4) is 0 Å². The second-order valence-corrected chi connectivity index (χ2v) is 7.75. The number of nitrogens with zero attached hydrogens (tertiary/aromatic N) is 1. The van der Waals surface area contributed by atoms with Gasteiger partial charge in [0.2, 0.25) is 10.0 Å². The van der Waals surface area contributed by atoms with E-state index in [1.54, 1.807) is 0 Å². The number of alkyl halides is 3. The summed E-state index contributed by atoms with van der Waals surface area (Å²) in [7, 11) is -0.990. The fourth-order valence-electron chi connectivity index (χ4n) is 2.12. The van der Waals surface area contributed by atoms with Crippen molar-refractivity contribution in [2.24, 2.45) is 0 Å². The first-order valence-electron chi connectivity index (χ1n) is 7.60. The summed E-state index contributed by atoms with van der Waals surface area (Å²) in [6.45, 7) is 0. The van der Waals surface area contributed by atoms with Crippen molar-refractivity contribution in [1.82, 2.24) is 4.31 Å². The van der Waals surface area contributed by atoms with Crippen LogP contribution in [0, 0.1) is 0 Å². The van der Waals surface area contributed by atoms with Crippen molar-refractivity contribution in [3.05, 3.63) is 65.7 Å². The lowest BCUT2D eigenvalue weighted by molar-refractivity contribution is -0.274. The Morgan fingerprint density at radius 3 is 2.37 bits per heavy atom. The van der Waals surface area contributed by atoms with Gasteiger partial charge in [-0.05, 0) is 30.4 Å². The highest BCUT2D eigenvalue weighted by atomic mass is 32.2. The van der Waals surface area contributed by atoms with Crippen LogP contribution in [-0.2, 0) is 10.0 Å². The molecule has 0 amide bonds. The average Bonchev–Trinajstić information content (AvgIpc) is 2.59. The molecule has 0 unspecified atom stereocenters. The molecule has 144 valence electrons. The highest BCUT2D eigenvalue weighted by molar-refractivity contribution is 7.89. The van der Waals surface area contributed by atoms with Crippen molar-refractivity contribution in [1.29, 1.82) is 0 Å². The van der Waals surface area contributed by atoms with Gasteiger partial charge in [0.1, 0.15) is 5.75 Å². The van der Waals surface area contributed by atoms with E-state index in [4.69, 9.17) is 0 Å². The molecule has 0 radical (unpaired) electrons. The van der Waals surface area contributed by atoms with Gasteiger partial charge in [-0.1, -0.05) is 30.3 Å². The van der Waals surface area contributed by atoms with E-state index in [1.165, 1.54) is 62.6 Å². The summed E-state index contributed by atoms with van der Waals surface area (Å²) in [5.41, 5.74) is 0.142. The molecule has 0 aliphatic rings. The molecule has 0 atom stereocenters. The molecule has 2 rings (SSSR count). The summed E-state index contributed by atoms with van der Waals surface area (Å²) in [5, 5.41) is 0. The second-order valence-electron chi connectivity index (χ2n) is 5.60. The average molecular weight is 399 g/mol. The molecule has 2 aromatic carbocycles. The molecule has 27 heavy (non-hydrogen) atoms. The smallest absolute Gasteiger partial charge is 0.405 e. The summed E-state index contributed by atoms with van der Waals surface area (Å²) in [4.78, 5) is 12.2. The van der Waals surface area contributed by atoms with E-state index in [-0.39, 0.29) is 16.0 Å². The van der Waals surface area contributed by atoms with Gasteiger partial charge in [0, 0.05) is 25.2 Å². The number of carbonyl (C=O) groups is 1. The number of rotatable bonds is 6. The lowest BCUT2D eigenvalue weighted by atomic mass is 10.1. The van der Waals surface area contributed by atoms with E-state index in [0.717, 1.165) is 16.4 Å². The Morgan fingerprint density at radius 1 is 1.07 bits per heavy atom. The number of benzene rings is 2. The van der Waals surface area contributed by atoms with Gasteiger partial charge >= 0.3 is 6.36 Å². The zero-order valence-corrected chi connectivity index (χ0v) is 15.2. The van der Waals surface area contributed by atoms with Crippen LogP contribution in [0.5, 0.6) is 5.75 Å². The van der Waals surface area contributed by atoms with Gasteiger partial charge in [-0.3, -0.25) is 4.79 Å². The summed E-state index contributed by atoms with van der Waals surface area (Å²) >= 11 is 0. The largest absolute Gasteiger partial charge is 0.573 e. The van der Waals surface area contributed by atoms with Crippen molar-refractivity contribution >= 4 is 21.9 Å². The van der Waals surface area contributed by atoms with Gasteiger partial charge in [-0.25, -0.2) is 12.7 Å². The van der Waals surface area contributed by atoms with Crippen LogP contribution >= 0.6 is 0 Å². The molecule has 0 saturated carbocycles. The van der Waals surface area contributed by atoms with Crippen molar-refractivity contribution < 1.29 is 31.1 Å². The number of hydrogen-bond donors (Lipinski definition) is 0. The third-order valence-electron chi connectivity index (χ3n) is 3.46. The van der Waals surface area contributed by atoms with Crippen molar-refractivity contribution in [3.63, 3.8) is 0 Å². The molecule has 0 aliphatic carbocycles. The maximum atomic E-state index is 12.4. The molecule has 2 aromatic rings. The maximum absolute atomic E-state index is 12.4. The third kappa shape index (κ3) is 5.41. The number of sulfonamides is 1. The lowest BCUT2D eigenvalue weighted by Crippen LogP contribution is -2.22. The van der Waals surface area contributed by atoms with Gasteiger partial charge < -0.3 is 4.74 Å². The first kappa shape index (κ1) is 20.7. The molecule has 0 fully saturated rings. The zero-order chi connectivity index (χ0) is 20.2. The number of halogens is 3. The van der Waals surface area contributed by atoms with Crippen molar-refractivity contribution in [2.45, 2.75) is 11.3 Å². The molecule has 5 nitrogen and oxygen atoms in total. The monoisotopic (exact) mass is 399 g/mol. The van der Waals surface area contributed by atoms with E-state index in [9.17, 15) is 26.4 Å². The van der Waals surface area contributed by atoms with Gasteiger partial charge in [0.15, 0.2) is 5.78 Å². The Kier molecular flexibility index (Phi) is 6.07. The third-order valence-corrected chi connectivity index (χ3v) is 5.27. The van der Waals surface area contributed by atoms with Gasteiger partial charge in [-0.15, -0.1) is 13.2 Å². The minimum atomic E-state index is -4.86. The second kappa shape index (κ2) is 7.93. The van der Waals surface area contributed by atoms with Crippen LogP contribution in [0.1, 0.15) is 15.9 Å². The van der Waals surface area contributed by atoms with Gasteiger partial charge in [0.05, 0.1) is 4.90 Å². The van der Waals surface area contributed by atoms with Crippen LogP contribution in [0.2, 0.25) is 0 Å². The first-order chi connectivity index (χ1) is 12.5. The van der Waals surface area contributed by atoms with E-state index >= 15 is 0 Å². The van der Waals surface area contributed by atoms with Crippen LogP contribution < -0.4 is 4.74 Å². The predicted octanol–water partition coefficient (Wildman–Crippen LogP) is 3.73. The highest BCUT2D eigenvalue weighted by Crippen LogP contribution is 2.27. The highest BCUT2D eigenvalue weighted by Gasteiger charge is 2.31. The number of hydrogen-bond acceptors (Lipinski definition) is 4. The first-order valence-corrected chi connectivity index (χ1v) is 9.04. The Labute approximate surface area is 154 Å². The zero-order valence-electron chi connectivity index (χ0n) is 14.4. The summed E-state index contributed by atoms with van der Waals surface area (Å²) in [5.74, 6) is -1.01. The summed E-state index contributed by atoms with van der Waals surface area (Å²) in [6, 6.07) is 10.7. The lowest BCUT2D eigenvalue weighted by Gasteiger charge is -2.12. The predicted molar refractivity (Wildman–Crippen MR) is 93.8 cm³/mol. The van der Waals surface area contributed by atoms with Crippen LogP contribution in [0.15, 0.2) is 59.5 Å². The molecule has 9 heteroatoms. The summed E-state index contributed by atoms with van der Waals surface area (Å²) in [6.07, 6.45) is -2.63. The van der Waals surface area contributed by atoms with E-state index in [1.807, 2.05) is 0 Å². The number of allylic oxidation sites excluding steroid dienone is 1. The molecule has 0 heterocycles. The Morgan fingerprint density at radius 2 is 1.74 bits per heavy atom. The quantitative estimate of drug-likeness (QED) is 0.549. The molecule has 0 N–H and O–H groups in total. The van der Waals surface area contributed by atoms with E-state index in [2.05, 4.69) is 4.74 Å². The minimum Gasteiger partial charge on any atom is -0.405 e. The number of ether oxygens (including phenoxy) is 1. The summed E-state index contributed by atoms with van der Waals surface area (Å²) < 4.78 is 66.5. The Hall–Kier alpha value is -2.65. The van der Waals surface area contributed by atoms with Crippen molar-refractivity contribution in [3.8, 4) is 5.75 Å². The van der Waals surface area contributed by atoms with Crippen molar-refractivity contribution in [2.75, 3.05) is 14.1 Å². The Balaban J connectivity index is 2.29. The molecule has 0 aromatic heterocycles. The number of para-hydroxylation sites is 1. The molecular formula is C18H16F3NO4S. The van der Waals surface area contributed by atoms with Gasteiger partial charge in [0.25, 0.3) is 0 Å². The minimum absolute atomic E-state index is 0.0558. The molecule has 0 aliphatic heterocycles. The van der Waals surface area contributed by atoms with E-state index < -0.39 is 27.9 Å². The molecule has 0 saturated heterocycles. The number of ketones is 1. The molecular weight excluding hydrogens is 383 g/mol. The topological polar surface area (TPSA) is 63.7 Å². The van der Waals surface area contributed by atoms with Crippen LogP contribution in [0.25, 0.3) is 6.08 Å². The molecule has 0 spiro atoms. The Bertz CT molecular complexity index is 967. The normalized spacial score (nSPS) is 12.5. The standard InChI is InChI=1S/C18H16F3NO4S/c1-22(2)27(24,25)15-8-5-7-14(12-15)16(23)11-10-13-6-3-4-9-17(13)26-18(19,20)21/h3-12H,1-2H3/b11-10+. The fourth-order valence-corrected chi connectivity index (χ4v) is 3.07. The maximum Gasteiger partial charge on any atom is 0.573 e. The van der Waals surface area contributed by atoms with Crippen LogP contribution in [-0.4, -0.2) is 39.0 Å². The van der Waals surface area contributed by atoms with Gasteiger partial charge in [-0.2, -0.15) is 0 Å². The van der Waals surface area contributed by atoms with E-state index in [0.29, 0.717) is 0 Å². The number of carbonyl (C=O) groups excluding carboxylic acids is 1.